The van der Waals surface area contributed by atoms with Gasteiger partial charge in [0.2, 0.25) is 0 Å². The highest BCUT2D eigenvalue weighted by molar-refractivity contribution is 5.19. The smallest absolute Gasteiger partial charge is 0.0866 e. The topological polar surface area (TPSA) is 26.2 Å². The Labute approximate surface area is 120 Å². The molecule has 0 aliphatic carbocycles. The number of benzene rings is 1. The first-order chi connectivity index (χ1) is 9.83. The summed E-state index contributed by atoms with van der Waals surface area (Å²) in [6.07, 6.45) is 5.64. The number of rotatable bonds is 5. The Balaban J connectivity index is 1.54. The van der Waals surface area contributed by atoms with Gasteiger partial charge in [0.05, 0.1) is 6.10 Å². The summed E-state index contributed by atoms with van der Waals surface area (Å²) < 4.78 is 8.00. The summed E-state index contributed by atoms with van der Waals surface area (Å²) in [6.45, 7) is 2.81. The summed E-state index contributed by atoms with van der Waals surface area (Å²) in [5.41, 5.74) is 2.64. The van der Waals surface area contributed by atoms with Gasteiger partial charge in [-0.05, 0) is 23.6 Å². The number of aryl methyl sites for hydroxylation is 1. The highest BCUT2D eigenvalue weighted by atomic mass is 16.5. The lowest BCUT2D eigenvalue weighted by Crippen LogP contribution is -2.24. The lowest BCUT2D eigenvalue weighted by molar-refractivity contribution is 0.0904. The van der Waals surface area contributed by atoms with Crippen LogP contribution in [0.3, 0.4) is 0 Å². The molecule has 3 heteroatoms. The SMILES string of the molecule is Cn1ccc(CNC[C@H]2CCO[C@@H]2c2ccccc2)c1. The van der Waals surface area contributed by atoms with Crippen LogP contribution in [-0.2, 0) is 18.3 Å². The monoisotopic (exact) mass is 270 g/mol. The molecule has 106 valence electrons. The van der Waals surface area contributed by atoms with E-state index in [4.69, 9.17) is 4.74 Å². The molecule has 1 saturated heterocycles. The molecule has 1 aromatic carbocycles. The Morgan fingerprint density at radius 3 is 2.85 bits per heavy atom. The van der Waals surface area contributed by atoms with E-state index in [-0.39, 0.29) is 6.10 Å². The number of nitrogens with one attached hydrogen (secondary N) is 1. The zero-order chi connectivity index (χ0) is 13.8. The standard InChI is InChI=1S/C17H22N2O/c1-19-9-7-14(13-19)11-18-12-16-8-10-20-17(16)15-5-3-2-4-6-15/h2-7,9,13,16-18H,8,10-12H2,1H3/t16-,17-/m1/s1. The molecule has 0 unspecified atom stereocenters. The van der Waals surface area contributed by atoms with Gasteiger partial charge >= 0.3 is 0 Å². The van der Waals surface area contributed by atoms with Crippen molar-refractivity contribution in [1.82, 2.24) is 9.88 Å². The molecule has 0 amide bonds. The number of nitrogens with zero attached hydrogens (tertiary/aromatic N) is 1. The number of ether oxygens (including phenoxy) is 1. The van der Waals surface area contributed by atoms with Gasteiger partial charge in [-0.25, -0.2) is 0 Å². The van der Waals surface area contributed by atoms with Crippen molar-refractivity contribution in [2.24, 2.45) is 13.0 Å². The molecule has 1 aromatic heterocycles. The minimum Gasteiger partial charge on any atom is -0.373 e. The first-order valence-corrected chi connectivity index (χ1v) is 7.31. The Bertz CT molecular complexity index is 535. The van der Waals surface area contributed by atoms with Crippen molar-refractivity contribution >= 4 is 0 Å². The second-order valence-corrected chi connectivity index (χ2v) is 5.57. The fraction of sp³-hybridized carbons (Fsp3) is 0.412. The molecule has 0 spiro atoms. The van der Waals surface area contributed by atoms with Crippen molar-refractivity contribution in [2.75, 3.05) is 13.2 Å². The van der Waals surface area contributed by atoms with E-state index in [1.54, 1.807) is 0 Å². The van der Waals surface area contributed by atoms with E-state index in [1.807, 2.05) is 0 Å². The van der Waals surface area contributed by atoms with Gasteiger partial charge in [0.1, 0.15) is 0 Å². The third kappa shape index (κ3) is 3.11. The number of aromatic nitrogens is 1. The second-order valence-electron chi connectivity index (χ2n) is 5.57. The Morgan fingerprint density at radius 1 is 1.25 bits per heavy atom. The van der Waals surface area contributed by atoms with Gasteiger partial charge < -0.3 is 14.6 Å². The summed E-state index contributed by atoms with van der Waals surface area (Å²) in [5.74, 6) is 0.570. The van der Waals surface area contributed by atoms with Crippen LogP contribution in [0.2, 0.25) is 0 Å². The molecule has 0 saturated carbocycles. The highest BCUT2D eigenvalue weighted by Gasteiger charge is 2.28. The van der Waals surface area contributed by atoms with Gasteiger partial charge in [0.15, 0.2) is 0 Å². The van der Waals surface area contributed by atoms with E-state index in [9.17, 15) is 0 Å². The van der Waals surface area contributed by atoms with E-state index in [1.165, 1.54) is 11.1 Å². The van der Waals surface area contributed by atoms with E-state index in [0.29, 0.717) is 5.92 Å². The van der Waals surface area contributed by atoms with E-state index < -0.39 is 0 Å². The van der Waals surface area contributed by atoms with Crippen molar-refractivity contribution in [3.63, 3.8) is 0 Å². The summed E-state index contributed by atoms with van der Waals surface area (Å²) in [7, 11) is 2.06. The minimum atomic E-state index is 0.250. The molecule has 1 N–H and O–H groups in total. The largest absolute Gasteiger partial charge is 0.373 e. The molecule has 2 atom stereocenters. The fourth-order valence-electron chi connectivity index (χ4n) is 2.92. The number of hydrogen-bond donors (Lipinski definition) is 1. The van der Waals surface area contributed by atoms with Crippen molar-refractivity contribution in [2.45, 2.75) is 19.1 Å². The Kier molecular flexibility index (Phi) is 4.19. The van der Waals surface area contributed by atoms with Crippen LogP contribution >= 0.6 is 0 Å². The Morgan fingerprint density at radius 2 is 2.10 bits per heavy atom. The quantitative estimate of drug-likeness (QED) is 0.904. The maximum atomic E-state index is 5.91. The predicted molar refractivity (Wildman–Crippen MR) is 80.4 cm³/mol. The van der Waals surface area contributed by atoms with Gasteiger partial charge in [-0.1, -0.05) is 30.3 Å². The Hall–Kier alpha value is -1.58. The first kappa shape index (κ1) is 13.4. The van der Waals surface area contributed by atoms with E-state index in [2.05, 4.69) is 65.7 Å². The van der Waals surface area contributed by atoms with Crippen LogP contribution in [-0.4, -0.2) is 17.7 Å². The fourth-order valence-corrected chi connectivity index (χ4v) is 2.92. The third-order valence-corrected chi connectivity index (χ3v) is 3.97. The molecule has 2 aromatic rings. The van der Waals surface area contributed by atoms with E-state index >= 15 is 0 Å². The average molecular weight is 270 g/mol. The van der Waals surface area contributed by atoms with E-state index in [0.717, 1.165) is 26.1 Å². The lowest BCUT2D eigenvalue weighted by Gasteiger charge is -2.19. The molecule has 20 heavy (non-hydrogen) atoms. The van der Waals surface area contributed by atoms with Crippen LogP contribution in [0.25, 0.3) is 0 Å². The van der Waals surface area contributed by atoms with Gasteiger partial charge in [0.25, 0.3) is 0 Å². The third-order valence-electron chi connectivity index (χ3n) is 3.97. The maximum absolute atomic E-state index is 5.91. The molecular weight excluding hydrogens is 248 g/mol. The average Bonchev–Trinajstić information content (AvgIpc) is 3.09. The van der Waals surface area contributed by atoms with Crippen molar-refractivity contribution in [3.05, 3.63) is 59.9 Å². The normalized spacial score (nSPS) is 22.2. The van der Waals surface area contributed by atoms with Crippen LogP contribution < -0.4 is 5.32 Å². The molecular formula is C17H22N2O. The molecule has 3 rings (SSSR count). The zero-order valence-corrected chi connectivity index (χ0v) is 12.0. The number of hydrogen-bond acceptors (Lipinski definition) is 2. The van der Waals surface area contributed by atoms with Gasteiger partial charge in [-0.2, -0.15) is 0 Å². The summed E-state index contributed by atoms with van der Waals surface area (Å²) in [4.78, 5) is 0. The second kappa shape index (κ2) is 6.25. The maximum Gasteiger partial charge on any atom is 0.0866 e. The van der Waals surface area contributed by atoms with Crippen molar-refractivity contribution in [1.29, 1.82) is 0 Å². The molecule has 1 aliphatic heterocycles. The van der Waals surface area contributed by atoms with Crippen LogP contribution in [0, 0.1) is 5.92 Å². The molecule has 1 fully saturated rings. The lowest BCUT2D eigenvalue weighted by atomic mass is 9.95. The molecule has 1 aliphatic rings. The molecule has 0 bridgehead atoms. The van der Waals surface area contributed by atoms with Gasteiger partial charge in [0, 0.05) is 45.1 Å². The predicted octanol–water partition coefficient (Wildman–Crippen LogP) is 2.89. The molecule has 2 heterocycles. The highest BCUT2D eigenvalue weighted by Crippen LogP contribution is 2.33. The summed E-state index contributed by atoms with van der Waals surface area (Å²) >= 11 is 0. The first-order valence-electron chi connectivity index (χ1n) is 7.31. The summed E-state index contributed by atoms with van der Waals surface area (Å²) in [6, 6.07) is 12.7. The van der Waals surface area contributed by atoms with Gasteiger partial charge in [-0.15, -0.1) is 0 Å². The molecule has 3 nitrogen and oxygen atoms in total. The minimum absolute atomic E-state index is 0.250. The van der Waals surface area contributed by atoms with Crippen LogP contribution in [0.15, 0.2) is 48.8 Å². The van der Waals surface area contributed by atoms with Crippen LogP contribution in [0.5, 0.6) is 0 Å². The molecule has 0 radical (unpaired) electrons. The van der Waals surface area contributed by atoms with Crippen molar-refractivity contribution < 1.29 is 4.74 Å². The van der Waals surface area contributed by atoms with Crippen LogP contribution in [0.1, 0.15) is 23.7 Å². The van der Waals surface area contributed by atoms with Gasteiger partial charge in [-0.3, -0.25) is 0 Å². The van der Waals surface area contributed by atoms with Crippen molar-refractivity contribution in [3.8, 4) is 0 Å². The zero-order valence-electron chi connectivity index (χ0n) is 12.0. The van der Waals surface area contributed by atoms with Crippen LogP contribution in [0.4, 0.5) is 0 Å². The summed E-state index contributed by atoms with van der Waals surface area (Å²) in [5, 5.41) is 3.56.